The Kier molecular flexibility index (Phi) is 1.03. The maximum Gasteiger partial charge on any atom is 0.260 e. The minimum atomic E-state index is -0.402. The Balaban J connectivity index is 2.53. The quantitative estimate of drug-likeness (QED) is 0.472. The molecule has 4 heteroatoms. The van der Waals surface area contributed by atoms with E-state index in [0.717, 1.165) is 0 Å². The maximum atomic E-state index is 11.0. The summed E-state index contributed by atoms with van der Waals surface area (Å²) in [7, 11) is 0. The van der Waals surface area contributed by atoms with Gasteiger partial charge in [0.2, 0.25) is 0 Å². The van der Waals surface area contributed by atoms with Gasteiger partial charge >= 0.3 is 0 Å². The molecule has 0 radical (unpaired) electrons. The minimum absolute atomic E-state index is 0.370. The summed E-state index contributed by atoms with van der Waals surface area (Å²) < 4.78 is 0. The summed E-state index contributed by atoms with van der Waals surface area (Å²) in [4.78, 5) is 25.5. The molecule has 0 fully saturated rings. The third kappa shape index (κ3) is 0.797. The lowest BCUT2D eigenvalue weighted by Gasteiger charge is -2.08. The summed E-state index contributed by atoms with van der Waals surface area (Å²) in [6.07, 6.45) is 4.38. The number of imide groups is 1. The highest BCUT2D eigenvalue weighted by atomic mass is 16.2. The minimum Gasteiger partial charge on any atom is -0.289 e. The zero-order valence-electron chi connectivity index (χ0n) is 5.50. The lowest BCUT2D eigenvalue weighted by atomic mass is 10.1. The molecule has 0 bridgehead atoms. The van der Waals surface area contributed by atoms with E-state index >= 15 is 0 Å². The molecule has 2 heterocycles. The van der Waals surface area contributed by atoms with E-state index in [0.29, 0.717) is 11.3 Å². The standard InChI is InChI=1S/C7H4N2O2/c10-6-3-5-4(1-2-8-5)7(11)9-6/h1-3H,(H,9,10,11). The molecule has 0 spiro atoms. The van der Waals surface area contributed by atoms with Crippen LogP contribution in [0.2, 0.25) is 0 Å². The van der Waals surface area contributed by atoms with Crippen molar-refractivity contribution in [1.29, 1.82) is 0 Å². The van der Waals surface area contributed by atoms with Crippen LogP contribution in [0.4, 0.5) is 0 Å². The van der Waals surface area contributed by atoms with Gasteiger partial charge < -0.3 is 0 Å². The smallest absolute Gasteiger partial charge is 0.260 e. The third-order valence-electron chi connectivity index (χ3n) is 1.48. The normalized spacial score (nSPS) is 20.7. The average Bonchev–Trinajstić information content (AvgIpc) is 2.34. The molecule has 0 atom stereocenters. The molecule has 11 heavy (non-hydrogen) atoms. The van der Waals surface area contributed by atoms with E-state index in [1.165, 1.54) is 12.3 Å². The second-order valence-corrected chi connectivity index (χ2v) is 2.21. The van der Waals surface area contributed by atoms with Crippen molar-refractivity contribution in [1.82, 2.24) is 5.32 Å². The molecular formula is C7H4N2O2. The first-order valence-electron chi connectivity index (χ1n) is 3.09. The highest BCUT2D eigenvalue weighted by Crippen LogP contribution is 2.18. The Morgan fingerprint density at radius 3 is 3.00 bits per heavy atom. The Hall–Kier alpha value is -1.71. The van der Waals surface area contributed by atoms with Crippen molar-refractivity contribution >= 4 is 18.0 Å². The largest absolute Gasteiger partial charge is 0.289 e. The molecule has 1 N–H and O–H groups in total. The van der Waals surface area contributed by atoms with Gasteiger partial charge in [0.1, 0.15) is 0 Å². The van der Waals surface area contributed by atoms with E-state index in [9.17, 15) is 9.59 Å². The highest BCUT2D eigenvalue weighted by Gasteiger charge is 2.23. The fraction of sp³-hybridized carbons (Fsp3) is 0. The predicted octanol–water partition coefficient (Wildman–Crippen LogP) is -0.463. The van der Waals surface area contributed by atoms with Gasteiger partial charge in [0.15, 0.2) is 0 Å². The van der Waals surface area contributed by atoms with Crippen molar-refractivity contribution < 1.29 is 9.59 Å². The summed E-state index contributed by atoms with van der Waals surface area (Å²) in [5, 5.41) is 2.15. The number of hydrogen-bond acceptors (Lipinski definition) is 3. The lowest BCUT2D eigenvalue weighted by Crippen LogP contribution is -2.34. The number of amides is 2. The van der Waals surface area contributed by atoms with Gasteiger partial charge in [-0.25, -0.2) is 0 Å². The van der Waals surface area contributed by atoms with Crippen molar-refractivity contribution in [2.24, 2.45) is 4.99 Å². The molecule has 2 amide bonds. The molecular weight excluding hydrogens is 144 g/mol. The fourth-order valence-electron chi connectivity index (χ4n) is 0.994. The van der Waals surface area contributed by atoms with E-state index in [-0.39, 0.29) is 5.91 Å². The number of nitrogens with one attached hydrogen (secondary N) is 1. The zero-order valence-corrected chi connectivity index (χ0v) is 5.50. The fourth-order valence-corrected chi connectivity index (χ4v) is 0.994. The van der Waals surface area contributed by atoms with Crippen molar-refractivity contribution in [2.75, 3.05) is 0 Å². The molecule has 0 aromatic heterocycles. The second-order valence-electron chi connectivity index (χ2n) is 2.21. The summed E-state index contributed by atoms with van der Waals surface area (Å²) >= 11 is 0. The van der Waals surface area contributed by atoms with Gasteiger partial charge in [0.05, 0.1) is 11.3 Å². The van der Waals surface area contributed by atoms with E-state index in [1.807, 2.05) is 0 Å². The van der Waals surface area contributed by atoms with Crippen LogP contribution in [0.5, 0.6) is 0 Å². The number of fused-ring (bicyclic) bond motifs is 1. The first-order valence-corrected chi connectivity index (χ1v) is 3.09. The van der Waals surface area contributed by atoms with Crippen LogP contribution < -0.4 is 5.32 Å². The molecule has 2 aliphatic heterocycles. The van der Waals surface area contributed by atoms with Crippen LogP contribution in [0.25, 0.3) is 0 Å². The van der Waals surface area contributed by atoms with Gasteiger partial charge in [0, 0.05) is 12.3 Å². The predicted molar refractivity (Wildman–Crippen MR) is 37.8 cm³/mol. The average molecular weight is 148 g/mol. The van der Waals surface area contributed by atoms with Gasteiger partial charge in [-0.15, -0.1) is 0 Å². The molecule has 54 valence electrons. The molecule has 0 unspecified atom stereocenters. The van der Waals surface area contributed by atoms with Gasteiger partial charge in [-0.3, -0.25) is 19.9 Å². The molecule has 2 aliphatic rings. The summed E-state index contributed by atoms with van der Waals surface area (Å²) in [5.41, 5.74) is 0.920. The van der Waals surface area contributed by atoms with Crippen molar-refractivity contribution in [3.05, 3.63) is 23.4 Å². The maximum absolute atomic E-state index is 11.0. The molecule has 0 aromatic carbocycles. The molecule has 0 aliphatic carbocycles. The topological polar surface area (TPSA) is 58.5 Å². The third-order valence-corrected chi connectivity index (χ3v) is 1.48. The Morgan fingerprint density at radius 2 is 2.18 bits per heavy atom. The van der Waals surface area contributed by atoms with Gasteiger partial charge in [-0.2, -0.15) is 0 Å². The van der Waals surface area contributed by atoms with Crippen molar-refractivity contribution in [3.63, 3.8) is 0 Å². The van der Waals surface area contributed by atoms with Gasteiger partial charge in [-0.05, 0) is 6.08 Å². The summed E-state index contributed by atoms with van der Waals surface area (Å²) in [6, 6.07) is 0. The summed E-state index contributed by atoms with van der Waals surface area (Å²) in [6.45, 7) is 0. The van der Waals surface area contributed by atoms with Crippen LogP contribution in [0, 0.1) is 0 Å². The van der Waals surface area contributed by atoms with E-state index in [1.54, 1.807) is 6.08 Å². The van der Waals surface area contributed by atoms with Crippen LogP contribution >= 0.6 is 0 Å². The van der Waals surface area contributed by atoms with Gasteiger partial charge in [0.25, 0.3) is 11.8 Å². The van der Waals surface area contributed by atoms with Crippen LogP contribution in [0.3, 0.4) is 0 Å². The summed E-state index contributed by atoms with van der Waals surface area (Å²) in [5.74, 6) is -0.772. The number of carbonyl (C=O) groups is 2. The highest BCUT2D eigenvalue weighted by molar-refractivity contribution is 6.16. The van der Waals surface area contributed by atoms with E-state index in [4.69, 9.17) is 0 Å². The van der Waals surface area contributed by atoms with Crippen molar-refractivity contribution in [2.45, 2.75) is 0 Å². The molecule has 0 saturated heterocycles. The SMILES string of the molecule is O=C1C=C2N=CC=C2C(=O)N1. The molecule has 0 saturated carbocycles. The van der Waals surface area contributed by atoms with Crippen LogP contribution in [0.1, 0.15) is 0 Å². The number of allylic oxidation sites excluding steroid dienone is 1. The molecule has 4 nitrogen and oxygen atoms in total. The number of aliphatic imine (C=N–C) groups is 1. The Bertz CT molecular complexity index is 336. The number of rotatable bonds is 0. The number of nitrogens with zero attached hydrogens (tertiary/aromatic N) is 1. The van der Waals surface area contributed by atoms with Crippen LogP contribution in [-0.4, -0.2) is 18.0 Å². The first-order chi connectivity index (χ1) is 5.27. The Morgan fingerprint density at radius 1 is 1.36 bits per heavy atom. The van der Waals surface area contributed by atoms with Crippen LogP contribution in [0.15, 0.2) is 28.4 Å². The number of carbonyl (C=O) groups excluding carboxylic acids is 2. The zero-order chi connectivity index (χ0) is 7.84. The first kappa shape index (κ1) is 6.03. The Labute approximate surface area is 62.3 Å². The lowest BCUT2D eigenvalue weighted by molar-refractivity contribution is -0.126. The molecule has 0 aromatic rings. The second kappa shape index (κ2) is 1.88. The van der Waals surface area contributed by atoms with Crippen molar-refractivity contribution in [3.8, 4) is 0 Å². The van der Waals surface area contributed by atoms with E-state index in [2.05, 4.69) is 10.3 Å². The van der Waals surface area contributed by atoms with Crippen LogP contribution in [-0.2, 0) is 9.59 Å². The monoisotopic (exact) mass is 148 g/mol. The number of hydrogen-bond donors (Lipinski definition) is 1. The van der Waals surface area contributed by atoms with Gasteiger partial charge in [-0.1, -0.05) is 0 Å². The van der Waals surface area contributed by atoms with E-state index < -0.39 is 5.91 Å². The molecule has 2 rings (SSSR count).